The minimum atomic E-state index is -4.36. The molecule has 1 aromatic heterocycles. The number of hydrogen-bond acceptors (Lipinski definition) is 1. The largest absolute Gasteiger partial charge is 0.418 e. The molecule has 17 heavy (non-hydrogen) atoms. The smallest absolute Gasteiger partial charge is 0.396 e. The number of fused-ring (bicyclic) bond motifs is 1. The molecule has 0 saturated carbocycles. The molecule has 0 aliphatic rings. The lowest BCUT2D eigenvalue weighted by atomic mass is 10.1. The molecule has 1 heterocycles. The first-order chi connectivity index (χ1) is 7.95. The molecule has 0 unspecified atom stereocenters. The fraction of sp³-hybridized carbons (Fsp3) is 0.333. The van der Waals surface area contributed by atoms with Crippen LogP contribution in [0.25, 0.3) is 10.9 Å². The van der Waals surface area contributed by atoms with Crippen molar-refractivity contribution in [2.45, 2.75) is 12.6 Å². The molecule has 2 nitrogen and oxygen atoms in total. The molecular weight excluding hydrogens is 231 g/mol. The molecule has 0 radical (unpaired) electrons. The van der Waals surface area contributed by atoms with Crippen LogP contribution in [0.4, 0.5) is 13.2 Å². The van der Waals surface area contributed by atoms with E-state index in [2.05, 4.69) is 0 Å². The Morgan fingerprint density at radius 1 is 1.29 bits per heavy atom. The Hall–Kier alpha value is -1.49. The molecule has 0 aliphatic heterocycles. The summed E-state index contributed by atoms with van der Waals surface area (Å²) >= 11 is 0. The van der Waals surface area contributed by atoms with Gasteiger partial charge in [0.2, 0.25) is 0 Å². The van der Waals surface area contributed by atoms with E-state index < -0.39 is 11.7 Å². The van der Waals surface area contributed by atoms with Gasteiger partial charge in [0.05, 0.1) is 11.1 Å². The molecule has 5 heteroatoms. The quantitative estimate of drug-likeness (QED) is 0.862. The topological polar surface area (TPSA) is 25.2 Å². The predicted octanol–water partition coefficient (Wildman–Crippen LogP) is 2.73. The van der Waals surface area contributed by atoms with Crippen LogP contribution in [-0.2, 0) is 19.6 Å². The van der Waals surface area contributed by atoms with Gasteiger partial charge in [-0.25, -0.2) is 0 Å². The zero-order chi connectivity index (χ0) is 12.6. The van der Waals surface area contributed by atoms with Gasteiger partial charge in [-0.15, -0.1) is 0 Å². The lowest BCUT2D eigenvalue weighted by Gasteiger charge is -2.10. The number of alkyl halides is 3. The van der Waals surface area contributed by atoms with Gasteiger partial charge in [0, 0.05) is 31.2 Å². The van der Waals surface area contributed by atoms with Gasteiger partial charge >= 0.3 is 6.18 Å². The zero-order valence-corrected chi connectivity index (χ0v) is 9.25. The van der Waals surface area contributed by atoms with Crippen LogP contribution in [0.2, 0.25) is 0 Å². The van der Waals surface area contributed by atoms with E-state index in [1.165, 1.54) is 10.6 Å². The lowest BCUT2D eigenvalue weighted by Crippen LogP contribution is -2.08. The number of para-hydroxylation sites is 1. The molecule has 0 bridgehead atoms. The van der Waals surface area contributed by atoms with E-state index in [0.717, 1.165) is 6.07 Å². The van der Waals surface area contributed by atoms with E-state index >= 15 is 0 Å². The summed E-state index contributed by atoms with van der Waals surface area (Å²) in [4.78, 5) is 0. The maximum atomic E-state index is 12.8. The van der Waals surface area contributed by atoms with Crippen molar-refractivity contribution in [3.63, 3.8) is 0 Å². The molecule has 0 atom stereocenters. The van der Waals surface area contributed by atoms with Crippen LogP contribution in [-0.4, -0.2) is 16.3 Å². The first kappa shape index (κ1) is 12.0. The Morgan fingerprint density at radius 2 is 2.00 bits per heavy atom. The van der Waals surface area contributed by atoms with Crippen molar-refractivity contribution in [3.8, 4) is 0 Å². The number of benzene rings is 1. The van der Waals surface area contributed by atoms with Gasteiger partial charge in [0.25, 0.3) is 0 Å². The molecule has 1 N–H and O–H groups in total. The minimum absolute atomic E-state index is 0.0779. The second kappa shape index (κ2) is 4.07. The Bertz CT molecular complexity index is 542. The van der Waals surface area contributed by atoms with Crippen molar-refractivity contribution in [1.29, 1.82) is 0 Å². The Balaban J connectivity index is 2.71. The minimum Gasteiger partial charge on any atom is -0.396 e. The monoisotopic (exact) mass is 243 g/mol. The first-order valence-electron chi connectivity index (χ1n) is 5.20. The van der Waals surface area contributed by atoms with Gasteiger partial charge in [-0.2, -0.15) is 13.2 Å². The van der Waals surface area contributed by atoms with Crippen molar-refractivity contribution in [1.82, 2.24) is 4.57 Å². The summed E-state index contributed by atoms with van der Waals surface area (Å²) in [6.45, 7) is -0.0779. The number of rotatable bonds is 2. The molecule has 0 amide bonds. The predicted molar refractivity (Wildman–Crippen MR) is 58.7 cm³/mol. The summed E-state index contributed by atoms with van der Waals surface area (Å²) in [6.07, 6.45) is -4.01. The normalized spacial score (nSPS) is 12.3. The van der Waals surface area contributed by atoms with Crippen LogP contribution in [0.15, 0.2) is 24.3 Å². The second-order valence-electron chi connectivity index (χ2n) is 3.91. The second-order valence-corrected chi connectivity index (χ2v) is 3.91. The van der Waals surface area contributed by atoms with Gasteiger partial charge in [-0.1, -0.05) is 12.1 Å². The summed E-state index contributed by atoms with van der Waals surface area (Å²) in [5, 5.41) is 9.41. The third kappa shape index (κ3) is 2.02. The fourth-order valence-corrected chi connectivity index (χ4v) is 2.06. The number of aliphatic hydroxyl groups excluding tert-OH is 1. The van der Waals surface area contributed by atoms with Gasteiger partial charge in [0.1, 0.15) is 0 Å². The van der Waals surface area contributed by atoms with Crippen LogP contribution in [0, 0.1) is 0 Å². The van der Waals surface area contributed by atoms with Crippen LogP contribution in [0.3, 0.4) is 0 Å². The highest BCUT2D eigenvalue weighted by molar-refractivity contribution is 5.85. The third-order valence-electron chi connectivity index (χ3n) is 2.83. The van der Waals surface area contributed by atoms with E-state index in [1.54, 1.807) is 19.2 Å². The maximum Gasteiger partial charge on any atom is 0.418 e. The van der Waals surface area contributed by atoms with E-state index in [1.807, 2.05) is 0 Å². The molecule has 0 aliphatic carbocycles. The number of aromatic nitrogens is 1. The molecule has 0 fully saturated rings. The van der Waals surface area contributed by atoms with E-state index in [0.29, 0.717) is 17.5 Å². The summed E-state index contributed by atoms with van der Waals surface area (Å²) in [6, 6.07) is 5.80. The van der Waals surface area contributed by atoms with Crippen LogP contribution in [0.5, 0.6) is 0 Å². The molecule has 2 rings (SSSR count). The Kier molecular flexibility index (Phi) is 2.87. The van der Waals surface area contributed by atoms with Gasteiger partial charge in [0.15, 0.2) is 0 Å². The number of aliphatic hydroxyl groups is 1. The van der Waals surface area contributed by atoms with Gasteiger partial charge in [-0.05, 0) is 12.1 Å². The summed E-state index contributed by atoms with van der Waals surface area (Å²) in [7, 11) is 1.59. The number of aryl methyl sites for hydroxylation is 1. The first-order valence-corrected chi connectivity index (χ1v) is 5.20. The highest BCUT2D eigenvalue weighted by Crippen LogP contribution is 2.35. The van der Waals surface area contributed by atoms with Crippen molar-refractivity contribution >= 4 is 10.9 Å². The average molecular weight is 243 g/mol. The highest BCUT2D eigenvalue weighted by Gasteiger charge is 2.33. The number of hydrogen-bond donors (Lipinski definition) is 1. The van der Waals surface area contributed by atoms with Crippen molar-refractivity contribution in [2.24, 2.45) is 7.05 Å². The lowest BCUT2D eigenvalue weighted by molar-refractivity contribution is -0.136. The summed E-state index contributed by atoms with van der Waals surface area (Å²) < 4.78 is 40.0. The molecule has 92 valence electrons. The van der Waals surface area contributed by atoms with Crippen LogP contribution >= 0.6 is 0 Å². The van der Waals surface area contributed by atoms with Crippen LogP contribution in [0.1, 0.15) is 11.3 Å². The molecule has 0 saturated heterocycles. The maximum absolute atomic E-state index is 12.8. The fourth-order valence-electron chi connectivity index (χ4n) is 2.06. The summed E-state index contributed by atoms with van der Waals surface area (Å²) in [5.41, 5.74) is 0.226. The van der Waals surface area contributed by atoms with Gasteiger partial charge < -0.3 is 9.67 Å². The molecular formula is C12H12F3NO. The molecule has 2 aromatic rings. The average Bonchev–Trinajstić information content (AvgIpc) is 2.55. The van der Waals surface area contributed by atoms with E-state index in [-0.39, 0.29) is 12.1 Å². The standard InChI is InChI=1S/C12H12F3NO/c1-16-9(5-6-17)7-8-3-2-4-10(11(8)16)12(13,14)15/h2-4,7,17H,5-6H2,1H3. The van der Waals surface area contributed by atoms with Crippen LogP contribution < -0.4 is 0 Å². The summed E-state index contributed by atoms with van der Waals surface area (Å²) in [5.74, 6) is 0. The third-order valence-corrected chi connectivity index (χ3v) is 2.83. The molecule has 1 aromatic carbocycles. The van der Waals surface area contributed by atoms with E-state index in [4.69, 9.17) is 5.11 Å². The Labute approximate surface area is 96.3 Å². The number of nitrogens with zero attached hydrogens (tertiary/aromatic N) is 1. The SMILES string of the molecule is Cn1c(CCO)cc2cccc(C(F)(F)F)c21. The zero-order valence-electron chi connectivity index (χ0n) is 9.25. The molecule has 0 spiro atoms. The Morgan fingerprint density at radius 3 is 2.59 bits per heavy atom. The van der Waals surface area contributed by atoms with Crippen molar-refractivity contribution < 1.29 is 18.3 Å². The highest BCUT2D eigenvalue weighted by atomic mass is 19.4. The number of halogens is 3. The van der Waals surface area contributed by atoms with Crippen molar-refractivity contribution in [2.75, 3.05) is 6.61 Å². The van der Waals surface area contributed by atoms with Gasteiger partial charge in [-0.3, -0.25) is 0 Å². The van der Waals surface area contributed by atoms with E-state index in [9.17, 15) is 13.2 Å². The van der Waals surface area contributed by atoms with Crippen molar-refractivity contribution in [3.05, 3.63) is 35.5 Å².